The van der Waals surface area contributed by atoms with Crippen molar-refractivity contribution >= 4 is 15.9 Å². The summed E-state index contributed by atoms with van der Waals surface area (Å²) in [5.74, 6) is 0.751. The van der Waals surface area contributed by atoms with Crippen molar-refractivity contribution in [1.29, 1.82) is 0 Å². The number of hydrogen-bond donors (Lipinski definition) is 1. The molecule has 0 amide bonds. The first-order chi connectivity index (χ1) is 9.10. The molecule has 100 valence electrons. The van der Waals surface area contributed by atoms with E-state index in [0.717, 1.165) is 21.3 Å². The van der Waals surface area contributed by atoms with Gasteiger partial charge in [-0.15, -0.1) is 0 Å². The van der Waals surface area contributed by atoms with Crippen molar-refractivity contribution in [2.75, 3.05) is 7.11 Å². The van der Waals surface area contributed by atoms with Gasteiger partial charge in [-0.3, -0.25) is 0 Å². The Balaban J connectivity index is 2.19. The van der Waals surface area contributed by atoms with E-state index in [4.69, 9.17) is 4.74 Å². The monoisotopic (exact) mass is 320 g/mol. The number of aliphatic hydroxyl groups is 1. The topological polar surface area (TPSA) is 29.5 Å². The average molecular weight is 321 g/mol. The number of methoxy groups -OCH3 is 1. The van der Waals surface area contributed by atoms with Crippen LogP contribution in [0.25, 0.3) is 0 Å². The van der Waals surface area contributed by atoms with Crippen LogP contribution in [0.1, 0.15) is 22.8 Å². The summed E-state index contributed by atoms with van der Waals surface area (Å²) >= 11 is 3.47. The van der Waals surface area contributed by atoms with Gasteiger partial charge >= 0.3 is 0 Å². The predicted molar refractivity (Wildman–Crippen MR) is 80.5 cm³/mol. The second-order valence-electron chi connectivity index (χ2n) is 4.59. The van der Waals surface area contributed by atoms with Gasteiger partial charge in [0.25, 0.3) is 0 Å². The molecule has 1 unspecified atom stereocenters. The van der Waals surface area contributed by atoms with Gasteiger partial charge in [0, 0.05) is 10.9 Å². The molecule has 0 saturated heterocycles. The summed E-state index contributed by atoms with van der Waals surface area (Å²) in [4.78, 5) is 0. The Morgan fingerprint density at radius 2 is 1.84 bits per heavy atom. The van der Waals surface area contributed by atoms with Gasteiger partial charge in [-0.05, 0) is 36.2 Å². The standard InChI is InChI=1S/C16H17BrO2/c1-11-3-5-12(6-4-11)9-16(18)14-10-13(19-2)7-8-15(14)17/h3-8,10,16,18H,9H2,1-2H3. The van der Waals surface area contributed by atoms with Crippen molar-refractivity contribution < 1.29 is 9.84 Å². The van der Waals surface area contributed by atoms with Gasteiger partial charge in [0.15, 0.2) is 0 Å². The van der Waals surface area contributed by atoms with Crippen molar-refractivity contribution in [3.05, 3.63) is 63.6 Å². The zero-order valence-electron chi connectivity index (χ0n) is 11.1. The molecule has 0 fully saturated rings. The van der Waals surface area contributed by atoms with Crippen LogP contribution in [-0.2, 0) is 6.42 Å². The van der Waals surface area contributed by atoms with Gasteiger partial charge in [0.2, 0.25) is 0 Å². The summed E-state index contributed by atoms with van der Waals surface area (Å²) in [5.41, 5.74) is 3.19. The molecule has 19 heavy (non-hydrogen) atoms. The lowest BCUT2D eigenvalue weighted by atomic mass is 10.0. The molecule has 2 rings (SSSR count). The molecule has 2 aromatic carbocycles. The minimum absolute atomic E-state index is 0.549. The van der Waals surface area contributed by atoms with E-state index >= 15 is 0 Å². The van der Waals surface area contributed by atoms with Crippen LogP contribution in [0, 0.1) is 6.92 Å². The molecule has 0 bridgehead atoms. The Hall–Kier alpha value is -1.32. The average Bonchev–Trinajstić information content (AvgIpc) is 2.42. The SMILES string of the molecule is COc1ccc(Br)c(C(O)Cc2ccc(C)cc2)c1. The predicted octanol–water partition coefficient (Wildman–Crippen LogP) is 4.04. The fourth-order valence-electron chi connectivity index (χ4n) is 1.96. The number of rotatable bonds is 4. The number of halogens is 1. The number of benzene rings is 2. The lowest BCUT2D eigenvalue weighted by molar-refractivity contribution is 0.177. The van der Waals surface area contributed by atoms with E-state index in [9.17, 15) is 5.11 Å². The third kappa shape index (κ3) is 3.58. The Morgan fingerprint density at radius 3 is 2.47 bits per heavy atom. The minimum Gasteiger partial charge on any atom is -0.497 e. The molecule has 2 nitrogen and oxygen atoms in total. The Labute approximate surface area is 122 Å². The molecular weight excluding hydrogens is 304 g/mol. The molecule has 0 radical (unpaired) electrons. The van der Waals surface area contributed by atoms with Crippen LogP contribution in [0.4, 0.5) is 0 Å². The number of ether oxygens (including phenoxy) is 1. The minimum atomic E-state index is -0.549. The molecule has 0 aromatic heterocycles. The molecule has 0 aliphatic heterocycles. The van der Waals surface area contributed by atoms with Gasteiger partial charge in [-0.25, -0.2) is 0 Å². The van der Waals surface area contributed by atoms with Crippen LogP contribution >= 0.6 is 15.9 Å². The Kier molecular flexibility index (Phi) is 4.61. The van der Waals surface area contributed by atoms with E-state index in [1.54, 1.807) is 7.11 Å². The first-order valence-electron chi connectivity index (χ1n) is 6.17. The highest BCUT2D eigenvalue weighted by atomic mass is 79.9. The van der Waals surface area contributed by atoms with Gasteiger partial charge < -0.3 is 9.84 Å². The first kappa shape index (κ1) is 14.1. The van der Waals surface area contributed by atoms with E-state index in [2.05, 4.69) is 35.0 Å². The maximum Gasteiger partial charge on any atom is 0.119 e. The molecule has 0 spiro atoms. The van der Waals surface area contributed by atoms with Crippen LogP contribution in [-0.4, -0.2) is 12.2 Å². The van der Waals surface area contributed by atoms with Gasteiger partial charge in [0.1, 0.15) is 5.75 Å². The third-order valence-electron chi connectivity index (χ3n) is 3.11. The smallest absolute Gasteiger partial charge is 0.119 e. The largest absolute Gasteiger partial charge is 0.497 e. The summed E-state index contributed by atoms with van der Waals surface area (Å²) in [6.45, 7) is 2.05. The van der Waals surface area contributed by atoms with Crippen molar-refractivity contribution in [3.8, 4) is 5.75 Å². The molecule has 0 saturated carbocycles. The van der Waals surface area contributed by atoms with Crippen molar-refractivity contribution in [1.82, 2.24) is 0 Å². The molecule has 1 N–H and O–H groups in total. The highest BCUT2D eigenvalue weighted by Crippen LogP contribution is 2.29. The second-order valence-corrected chi connectivity index (χ2v) is 5.45. The normalized spacial score (nSPS) is 12.2. The van der Waals surface area contributed by atoms with Gasteiger partial charge in [-0.2, -0.15) is 0 Å². The molecule has 3 heteroatoms. The Bertz CT molecular complexity index is 549. The molecule has 1 atom stereocenters. The summed E-state index contributed by atoms with van der Waals surface area (Å²) in [6.07, 6.45) is 0.0404. The van der Waals surface area contributed by atoms with E-state index in [0.29, 0.717) is 6.42 Å². The molecular formula is C16H17BrO2. The van der Waals surface area contributed by atoms with E-state index < -0.39 is 6.10 Å². The number of aryl methyl sites for hydroxylation is 1. The van der Waals surface area contributed by atoms with Gasteiger partial charge in [0.05, 0.1) is 13.2 Å². The first-order valence-corrected chi connectivity index (χ1v) is 6.96. The lowest BCUT2D eigenvalue weighted by Crippen LogP contribution is -2.03. The fraction of sp³-hybridized carbons (Fsp3) is 0.250. The van der Waals surface area contributed by atoms with Crippen LogP contribution in [0.15, 0.2) is 46.9 Å². The van der Waals surface area contributed by atoms with Crippen molar-refractivity contribution in [2.24, 2.45) is 0 Å². The molecule has 0 heterocycles. The van der Waals surface area contributed by atoms with E-state index in [1.807, 2.05) is 30.3 Å². The number of hydrogen-bond acceptors (Lipinski definition) is 2. The van der Waals surface area contributed by atoms with Crippen molar-refractivity contribution in [3.63, 3.8) is 0 Å². The van der Waals surface area contributed by atoms with Crippen LogP contribution in [0.3, 0.4) is 0 Å². The summed E-state index contributed by atoms with van der Waals surface area (Å²) in [5, 5.41) is 10.4. The zero-order chi connectivity index (χ0) is 13.8. The highest BCUT2D eigenvalue weighted by Gasteiger charge is 2.13. The Morgan fingerprint density at radius 1 is 1.16 bits per heavy atom. The van der Waals surface area contributed by atoms with E-state index in [1.165, 1.54) is 5.56 Å². The maximum absolute atomic E-state index is 10.4. The zero-order valence-corrected chi connectivity index (χ0v) is 12.6. The quantitative estimate of drug-likeness (QED) is 0.921. The van der Waals surface area contributed by atoms with Crippen LogP contribution in [0.2, 0.25) is 0 Å². The molecule has 0 aliphatic carbocycles. The number of aliphatic hydroxyl groups excluding tert-OH is 1. The lowest BCUT2D eigenvalue weighted by Gasteiger charge is -2.14. The summed E-state index contributed by atoms with van der Waals surface area (Å²) in [6, 6.07) is 13.8. The molecule has 0 aliphatic rings. The highest BCUT2D eigenvalue weighted by molar-refractivity contribution is 9.10. The fourth-order valence-corrected chi connectivity index (χ4v) is 2.47. The van der Waals surface area contributed by atoms with Crippen molar-refractivity contribution in [2.45, 2.75) is 19.4 Å². The maximum atomic E-state index is 10.4. The van der Waals surface area contributed by atoms with Gasteiger partial charge in [-0.1, -0.05) is 45.8 Å². The van der Waals surface area contributed by atoms with E-state index in [-0.39, 0.29) is 0 Å². The van der Waals surface area contributed by atoms with Crippen LogP contribution in [0.5, 0.6) is 5.75 Å². The summed E-state index contributed by atoms with van der Waals surface area (Å²) in [7, 11) is 1.62. The molecule has 2 aromatic rings. The summed E-state index contributed by atoms with van der Waals surface area (Å²) < 4.78 is 6.09. The second kappa shape index (κ2) is 6.22. The van der Waals surface area contributed by atoms with Crippen LogP contribution < -0.4 is 4.74 Å². The third-order valence-corrected chi connectivity index (χ3v) is 3.83.